The van der Waals surface area contributed by atoms with Gasteiger partial charge in [0.05, 0.1) is 17.4 Å². The Labute approximate surface area is 132 Å². The van der Waals surface area contributed by atoms with Crippen LogP contribution in [0.3, 0.4) is 0 Å². The number of anilines is 2. The van der Waals surface area contributed by atoms with Gasteiger partial charge < -0.3 is 15.4 Å². The van der Waals surface area contributed by atoms with Gasteiger partial charge in [-0.3, -0.25) is 9.78 Å². The summed E-state index contributed by atoms with van der Waals surface area (Å²) in [5.41, 5.74) is 0.328. The van der Waals surface area contributed by atoms with Crippen LogP contribution in [-0.2, 0) is 4.74 Å². The van der Waals surface area contributed by atoms with Gasteiger partial charge in [-0.05, 0) is 24.6 Å². The molecule has 1 heterocycles. The highest BCUT2D eigenvalue weighted by molar-refractivity contribution is 5.94. The zero-order chi connectivity index (χ0) is 16.7. The van der Waals surface area contributed by atoms with E-state index in [1.54, 1.807) is 7.11 Å². The van der Waals surface area contributed by atoms with Crippen molar-refractivity contribution in [2.45, 2.75) is 6.42 Å². The van der Waals surface area contributed by atoms with Gasteiger partial charge in [0.1, 0.15) is 17.3 Å². The van der Waals surface area contributed by atoms with Gasteiger partial charge in [-0.1, -0.05) is 6.07 Å². The summed E-state index contributed by atoms with van der Waals surface area (Å²) in [6.07, 6.45) is 3.45. The Kier molecular flexibility index (Phi) is 5.99. The molecule has 23 heavy (non-hydrogen) atoms. The van der Waals surface area contributed by atoms with Gasteiger partial charge in [0, 0.05) is 26.5 Å². The van der Waals surface area contributed by atoms with E-state index in [1.165, 1.54) is 24.5 Å². The number of pyridine rings is 1. The van der Waals surface area contributed by atoms with Gasteiger partial charge in [-0.2, -0.15) is 0 Å². The molecule has 1 aromatic heterocycles. The van der Waals surface area contributed by atoms with Gasteiger partial charge in [0.15, 0.2) is 0 Å². The highest BCUT2D eigenvalue weighted by Crippen LogP contribution is 2.23. The van der Waals surface area contributed by atoms with E-state index < -0.39 is 11.6 Å². The predicted molar refractivity (Wildman–Crippen MR) is 82.7 cm³/mol. The minimum atomic E-state index is -0.723. The van der Waals surface area contributed by atoms with Crippen LogP contribution in [0.1, 0.15) is 16.8 Å². The number of hydrogen-bond acceptors (Lipinski definition) is 4. The van der Waals surface area contributed by atoms with Crippen LogP contribution in [0.25, 0.3) is 0 Å². The molecule has 0 bridgehead atoms. The Balaban J connectivity index is 2.06. The van der Waals surface area contributed by atoms with Crippen molar-refractivity contribution in [2.24, 2.45) is 0 Å². The molecule has 2 rings (SSSR count). The summed E-state index contributed by atoms with van der Waals surface area (Å²) < 4.78 is 32.1. The number of rotatable bonds is 7. The lowest BCUT2D eigenvalue weighted by molar-refractivity contribution is 0.0948. The molecule has 0 aliphatic rings. The van der Waals surface area contributed by atoms with Crippen molar-refractivity contribution in [1.29, 1.82) is 0 Å². The molecule has 0 unspecified atom stereocenters. The van der Waals surface area contributed by atoms with Gasteiger partial charge in [0.2, 0.25) is 0 Å². The summed E-state index contributed by atoms with van der Waals surface area (Å²) in [5.74, 6) is -1.76. The molecule has 0 saturated carbocycles. The van der Waals surface area contributed by atoms with Gasteiger partial charge in [-0.15, -0.1) is 0 Å². The van der Waals surface area contributed by atoms with Crippen molar-refractivity contribution in [1.82, 2.24) is 10.3 Å². The van der Waals surface area contributed by atoms with Crippen molar-refractivity contribution in [3.8, 4) is 0 Å². The van der Waals surface area contributed by atoms with Crippen LogP contribution in [0.4, 0.5) is 20.2 Å². The molecule has 0 atom stereocenters. The molecule has 1 amide bonds. The van der Waals surface area contributed by atoms with Crippen LogP contribution < -0.4 is 10.6 Å². The maximum absolute atomic E-state index is 13.6. The SMILES string of the molecule is COCCCNC(=O)c1cncc(Nc2c(F)cccc2F)c1. The zero-order valence-corrected chi connectivity index (χ0v) is 12.6. The van der Waals surface area contributed by atoms with Gasteiger partial charge >= 0.3 is 0 Å². The second kappa shape index (κ2) is 8.19. The van der Waals surface area contributed by atoms with E-state index in [1.807, 2.05) is 0 Å². The van der Waals surface area contributed by atoms with E-state index in [9.17, 15) is 13.6 Å². The minimum absolute atomic E-state index is 0.285. The molecule has 122 valence electrons. The second-order valence-corrected chi connectivity index (χ2v) is 4.79. The third-order valence-electron chi connectivity index (χ3n) is 3.04. The minimum Gasteiger partial charge on any atom is -0.385 e. The number of hydrogen-bond donors (Lipinski definition) is 2. The lowest BCUT2D eigenvalue weighted by Gasteiger charge is -2.10. The molecule has 5 nitrogen and oxygen atoms in total. The summed E-state index contributed by atoms with van der Waals surface area (Å²) >= 11 is 0. The Morgan fingerprint density at radius 2 is 2.00 bits per heavy atom. The topological polar surface area (TPSA) is 63.2 Å². The molecule has 0 fully saturated rings. The zero-order valence-electron chi connectivity index (χ0n) is 12.6. The fourth-order valence-corrected chi connectivity index (χ4v) is 1.91. The first-order valence-electron chi connectivity index (χ1n) is 7.05. The molecule has 0 radical (unpaired) electrons. The number of carbonyl (C=O) groups is 1. The molecular weight excluding hydrogens is 304 g/mol. The van der Waals surface area contributed by atoms with E-state index in [4.69, 9.17) is 4.74 Å². The number of ether oxygens (including phenoxy) is 1. The second-order valence-electron chi connectivity index (χ2n) is 4.79. The summed E-state index contributed by atoms with van der Waals surface area (Å²) in [4.78, 5) is 15.9. The number of nitrogens with zero attached hydrogens (tertiary/aromatic N) is 1. The van der Waals surface area contributed by atoms with Crippen LogP contribution in [0.15, 0.2) is 36.7 Å². The quantitative estimate of drug-likeness (QED) is 0.770. The Hall–Kier alpha value is -2.54. The van der Waals surface area contributed by atoms with Crippen molar-refractivity contribution >= 4 is 17.3 Å². The largest absolute Gasteiger partial charge is 0.385 e. The summed E-state index contributed by atoms with van der Waals surface area (Å²) in [6, 6.07) is 5.04. The van der Waals surface area contributed by atoms with Crippen molar-refractivity contribution < 1.29 is 18.3 Å². The number of nitrogens with one attached hydrogen (secondary N) is 2. The maximum Gasteiger partial charge on any atom is 0.252 e. The first kappa shape index (κ1) is 16.8. The van der Waals surface area contributed by atoms with Crippen LogP contribution in [0, 0.1) is 11.6 Å². The predicted octanol–water partition coefficient (Wildman–Crippen LogP) is 2.87. The third kappa shape index (κ3) is 4.72. The summed E-state index contributed by atoms with van der Waals surface area (Å²) in [5, 5.41) is 5.31. The number of benzene rings is 1. The van der Waals surface area contributed by atoms with E-state index in [2.05, 4.69) is 15.6 Å². The summed E-state index contributed by atoms with van der Waals surface area (Å²) in [7, 11) is 1.59. The third-order valence-corrected chi connectivity index (χ3v) is 3.04. The van der Waals surface area contributed by atoms with Crippen LogP contribution >= 0.6 is 0 Å². The van der Waals surface area contributed by atoms with Gasteiger partial charge in [-0.25, -0.2) is 8.78 Å². The maximum atomic E-state index is 13.6. The van der Waals surface area contributed by atoms with E-state index >= 15 is 0 Å². The molecular formula is C16H17F2N3O2. The molecule has 0 aliphatic heterocycles. The first-order valence-corrected chi connectivity index (χ1v) is 7.05. The Morgan fingerprint density at radius 1 is 1.26 bits per heavy atom. The highest BCUT2D eigenvalue weighted by atomic mass is 19.1. The van der Waals surface area contributed by atoms with Crippen molar-refractivity contribution in [2.75, 3.05) is 25.6 Å². The fraction of sp³-hybridized carbons (Fsp3) is 0.250. The van der Waals surface area contributed by atoms with Crippen LogP contribution in [-0.4, -0.2) is 31.2 Å². The lowest BCUT2D eigenvalue weighted by atomic mass is 10.2. The first-order chi connectivity index (χ1) is 11.1. The van der Waals surface area contributed by atoms with E-state index in [-0.39, 0.29) is 11.6 Å². The molecule has 7 heteroatoms. The Morgan fingerprint density at radius 3 is 2.70 bits per heavy atom. The number of para-hydroxylation sites is 1. The average Bonchev–Trinajstić information content (AvgIpc) is 2.55. The van der Waals surface area contributed by atoms with Crippen molar-refractivity contribution in [3.63, 3.8) is 0 Å². The molecule has 0 aliphatic carbocycles. The van der Waals surface area contributed by atoms with Crippen LogP contribution in [0.5, 0.6) is 0 Å². The van der Waals surface area contributed by atoms with E-state index in [0.717, 1.165) is 12.1 Å². The highest BCUT2D eigenvalue weighted by Gasteiger charge is 2.11. The standard InChI is InChI=1S/C16H17F2N3O2/c1-23-7-3-6-20-16(22)11-8-12(10-19-9-11)21-15-13(17)4-2-5-14(15)18/h2,4-5,8-10,21H,3,6-7H2,1H3,(H,20,22). The summed E-state index contributed by atoms with van der Waals surface area (Å²) in [6.45, 7) is 1.01. The van der Waals surface area contributed by atoms with Gasteiger partial charge in [0.25, 0.3) is 5.91 Å². The lowest BCUT2D eigenvalue weighted by Crippen LogP contribution is -2.25. The van der Waals surface area contributed by atoms with E-state index in [0.29, 0.717) is 30.8 Å². The molecule has 1 aromatic carbocycles. The molecule has 2 N–H and O–H groups in total. The average molecular weight is 321 g/mol. The molecule has 0 spiro atoms. The molecule has 0 saturated heterocycles. The smallest absolute Gasteiger partial charge is 0.252 e. The molecule has 2 aromatic rings. The number of carbonyl (C=O) groups excluding carboxylic acids is 1. The normalized spacial score (nSPS) is 10.4. The Bertz CT molecular complexity index is 660. The number of halogens is 2. The number of aromatic nitrogens is 1. The van der Waals surface area contributed by atoms with Crippen LogP contribution in [0.2, 0.25) is 0 Å². The monoisotopic (exact) mass is 321 g/mol. The van der Waals surface area contributed by atoms with Crippen molar-refractivity contribution in [3.05, 3.63) is 53.9 Å². The number of amides is 1. The fourth-order valence-electron chi connectivity index (χ4n) is 1.91. The number of methoxy groups -OCH3 is 1.